The van der Waals surface area contributed by atoms with Gasteiger partial charge in [0.05, 0.1) is 5.02 Å². The molecule has 1 saturated carbocycles. The van der Waals surface area contributed by atoms with Crippen molar-refractivity contribution < 1.29 is 0 Å². The lowest BCUT2D eigenvalue weighted by Gasteiger charge is -2.27. The second-order valence-electron chi connectivity index (χ2n) is 7.51. The fourth-order valence-electron chi connectivity index (χ4n) is 3.21. The van der Waals surface area contributed by atoms with E-state index in [1.165, 1.54) is 0 Å². The second-order valence-corrected chi connectivity index (χ2v) is 7.92. The SMILES string of the molecule is CC(C)CNc1cc(-c2cc(NC3CCC(N)CC3)ncc2Cl)ccn1. The summed E-state index contributed by atoms with van der Waals surface area (Å²) in [6.07, 6.45) is 7.82. The van der Waals surface area contributed by atoms with E-state index >= 15 is 0 Å². The Morgan fingerprint density at radius 1 is 1.15 bits per heavy atom. The van der Waals surface area contributed by atoms with Crippen molar-refractivity contribution in [3.8, 4) is 11.1 Å². The lowest BCUT2D eigenvalue weighted by atomic mass is 9.92. The minimum atomic E-state index is 0.343. The lowest BCUT2D eigenvalue weighted by Crippen LogP contribution is -2.33. The summed E-state index contributed by atoms with van der Waals surface area (Å²) in [7, 11) is 0. The highest BCUT2D eigenvalue weighted by molar-refractivity contribution is 6.33. The van der Waals surface area contributed by atoms with Crippen LogP contribution in [0.3, 0.4) is 0 Å². The number of nitrogens with one attached hydrogen (secondary N) is 2. The van der Waals surface area contributed by atoms with Crippen molar-refractivity contribution in [1.82, 2.24) is 9.97 Å². The molecular weight excluding hydrogens is 346 g/mol. The van der Waals surface area contributed by atoms with E-state index in [1.807, 2.05) is 24.4 Å². The standard InChI is InChI=1S/C20H28ClN5/c1-13(2)11-24-19-9-14(7-8-23-19)17-10-20(25-12-18(17)21)26-16-5-3-15(22)4-6-16/h7-10,12-13,15-16H,3-6,11,22H2,1-2H3,(H,23,24)(H,25,26). The van der Waals surface area contributed by atoms with Crippen LogP contribution in [0.5, 0.6) is 0 Å². The molecule has 0 radical (unpaired) electrons. The van der Waals surface area contributed by atoms with E-state index in [9.17, 15) is 0 Å². The maximum absolute atomic E-state index is 6.42. The van der Waals surface area contributed by atoms with E-state index in [2.05, 4.69) is 34.4 Å². The molecule has 0 aliphatic heterocycles. The van der Waals surface area contributed by atoms with Gasteiger partial charge in [-0.1, -0.05) is 25.4 Å². The minimum absolute atomic E-state index is 0.343. The summed E-state index contributed by atoms with van der Waals surface area (Å²) in [4.78, 5) is 8.85. The van der Waals surface area contributed by atoms with Gasteiger partial charge >= 0.3 is 0 Å². The maximum atomic E-state index is 6.42. The molecule has 0 atom stereocenters. The van der Waals surface area contributed by atoms with Gasteiger partial charge in [-0.3, -0.25) is 0 Å². The Morgan fingerprint density at radius 3 is 2.65 bits per heavy atom. The molecule has 0 saturated heterocycles. The van der Waals surface area contributed by atoms with Crippen LogP contribution < -0.4 is 16.4 Å². The summed E-state index contributed by atoms with van der Waals surface area (Å²) in [5.41, 5.74) is 7.99. The van der Waals surface area contributed by atoms with Gasteiger partial charge in [0.2, 0.25) is 0 Å². The smallest absolute Gasteiger partial charge is 0.126 e. The van der Waals surface area contributed by atoms with Crippen LogP contribution in [-0.2, 0) is 0 Å². The van der Waals surface area contributed by atoms with E-state index in [-0.39, 0.29) is 0 Å². The van der Waals surface area contributed by atoms with Crippen LogP contribution in [0.2, 0.25) is 5.02 Å². The van der Waals surface area contributed by atoms with Gasteiger partial charge in [0.25, 0.3) is 0 Å². The average Bonchev–Trinajstić information content (AvgIpc) is 2.64. The number of nitrogens with two attached hydrogens (primary N) is 1. The lowest BCUT2D eigenvalue weighted by molar-refractivity contribution is 0.410. The largest absolute Gasteiger partial charge is 0.370 e. The van der Waals surface area contributed by atoms with Crippen molar-refractivity contribution in [3.63, 3.8) is 0 Å². The summed E-state index contributed by atoms with van der Waals surface area (Å²) in [5, 5.41) is 7.54. The zero-order valence-corrected chi connectivity index (χ0v) is 16.3. The summed E-state index contributed by atoms with van der Waals surface area (Å²) in [6.45, 7) is 5.23. The van der Waals surface area contributed by atoms with Crippen molar-refractivity contribution in [1.29, 1.82) is 0 Å². The first-order valence-electron chi connectivity index (χ1n) is 9.39. The molecule has 0 amide bonds. The maximum Gasteiger partial charge on any atom is 0.126 e. The van der Waals surface area contributed by atoms with Gasteiger partial charge < -0.3 is 16.4 Å². The highest BCUT2D eigenvalue weighted by atomic mass is 35.5. The number of aromatic nitrogens is 2. The Balaban J connectivity index is 1.76. The zero-order chi connectivity index (χ0) is 18.5. The number of halogens is 1. The highest BCUT2D eigenvalue weighted by Gasteiger charge is 2.19. The van der Waals surface area contributed by atoms with Crippen molar-refractivity contribution in [3.05, 3.63) is 35.6 Å². The van der Waals surface area contributed by atoms with E-state index in [0.29, 0.717) is 23.0 Å². The monoisotopic (exact) mass is 373 g/mol. The first-order chi connectivity index (χ1) is 12.5. The van der Waals surface area contributed by atoms with Gasteiger partial charge in [-0.05, 0) is 55.4 Å². The van der Waals surface area contributed by atoms with Crippen LogP contribution in [0.25, 0.3) is 11.1 Å². The molecule has 4 N–H and O–H groups in total. The molecule has 140 valence electrons. The van der Waals surface area contributed by atoms with Crippen LogP contribution in [0, 0.1) is 5.92 Å². The molecule has 1 aliphatic carbocycles. The van der Waals surface area contributed by atoms with Crippen molar-refractivity contribution >= 4 is 23.2 Å². The molecule has 0 bridgehead atoms. The summed E-state index contributed by atoms with van der Waals surface area (Å²) in [5.74, 6) is 2.28. The molecule has 2 aromatic rings. The Morgan fingerprint density at radius 2 is 1.92 bits per heavy atom. The second kappa shape index (κ2) is 8.69. The number of pyridine rings is 2. The quantitative estimate of drug-likeness (QED) is 0.692. The molecule has 3 rings (SSSR count). The van der Waals surface area contributed by atoms with Crippen LogP contribution in [0.4, 0.5) is 11.6 Å². The van der Waals surface area contributed by atoms with Gasteiger partial charge in [0.15, 0.2) is 0 Å². The first kappa shape index (κ1) is 18.9. The fraction of sp³-hybridized carbons (Fsp3) is 0.500. The van der Waals surface area contributed by atoms with Crippen LogP contribution in [-0.4, -0.2) is 28.6 Å². The van der Waals surface area contributed by atoms with E-state index in [1.54, 1.807) is 6.20 Å². The molecular formula is C20H28ClN5. The Labute approximate surface area is 160 Å². The third-order valence-corrected chi connectivity index (χ3v) is 5.04. The average molecular weight is 374 g/mol. The molecule has 2 aromatic heterocycles. The van der Waals surface area contributed by atoms with Gasteiger partial charge in [-0.2, -0.15) is 0 Å². The van der Waals surface area contributed by atoms with Crippen LogP contribution in [0.15, 0.2) is 30.6 Å². The third kappa shape index (κ3) is 5.08. The van der Waals surface area contributed by atoms with Crippen molar-refractivity contribution in [2.75, 3.05) is 17.2 Å². The summed E-state index contributed by atoms with van der Waals surface area (Å²) < 4.78 is 0. The molecule has 2 heterocycles. The normalized spacial score (nSPS) is 20.2. The molecule has 5 nitrogen and oxygen atoms in total. The number of hydrogen-bond acceptors (Lipinski definition) is 5. The molecule has 0 spiro atoms. The predicted molar refractivity (Wildman–Crippen MR) is 110 cm³/mol. The molecule has 0 unspecified atom stereocenters. The van der Waals surface area contributed by atoms with Crippen LogP contribution >= 0.6 is 11.6 Å². The van der Waals surface area contributed by atoms with E-state index < -0.39 is 0 Å². The number of rotatable bonds is 6. The number of nitrogens with zero attached hydrogens (tertiary/aromatic N) is 2. The highest BCUT2D eigenvalue weighted by Crippen LogP contribution is 2.31. The topological polar surface area (TPSA) is 75.9 Å². The van der Waals surface area contributed by atoms with Gasteiger partial charge in [0, 0.05) is 36.6 Å². The molecule has 1 fully saturated rings. The van der Waals surface area contributed by atoms with Crippen molar-refractivity contribution in [2.24, 2.45) is 11.7 Å². The molecule has 0 aromatic carbocycles. The minimum Gasteiger partial charge on any atom is -0.370 e. The third-order valence-electron chi connectivity index (χ3n) is 4.74. The molecule has 6 heteroatoms. The van der Waals surface area contributed by atoms with Gasteiger partial charge in [-0.25, -0.2) is 9.97 Å². The van der Waals surface area contributed by atoms with Gasteiger partial charge in [0.1, 0.15) is 11.6 Å². The summed E-state index contributed by atoms with van der Waals surface area (Å²) >= 11 is 6.42. The summed E-state index contributed by atoms with van der Waals surface area (Å²) in [6, 6.07) is 6.81. The Bertz CT molecular complexity index is 726. The van der Waals surface area contributed by atoms with Crippen LogP contribution in [0.1, 0.15) is 39.5 Å². The van der Waals surface area contributed by atoms with Gasteiger partial charge in [-0.15, -0.1) is 0 Å². The predicted octanol–water partition coefficient (Wildman–Crippen LogP) is 4.55. The zero-order valence-electron chi connectivity index (χ0n) is 15.5. The Hall–Kier alpha value is -1.85. The van der Waals surface area contributed by atoms with E-state index in [4.69, 9.17) is 17.3 Å². The number of anilines is 2. The molecule has 26 heavy (non-hydrogen) atoms. The fourth-order valence-corrected chi connectivity index (χ4v) is 3.43. The number of hydrogen-bond donors (Lipinski definition) is 3. The van der Waals surface area contributed by atoms with Crippen molar-refractivity contribution in [2.45, 2.75) is 51.6 Å². The first-order valence-corrected chi connectivity index (χ1v) is 9.77. The van der Waals surface area contributed by atoms with E-state index in [0.717, 1.165) is 55.0 Å². The Kier molecular flexibility index (Phi) is 6.33. The molecule has 1 aliphatic rings.